The van der Waals surface area contributed by atoms with Crippen LogP contribution in [0, 0.1) is 13.8 Å². The topological polar surface area (TPSA) is 59.0 Å². The normalized spacial score (nSPS) is 10.8. The highest BCUT2D eigenvalue weighted by atomic mass is 35.5. The number of amides is 1. The van der Waals surface area contributed by atoms with Crippen LogP contribution in [0.4, 0.5) is 5.69 Å². The predicted molar refractivity (Wildman–Crippen MR) is 118 cm³/mol. The molecule has 0 aliphatic rings. The SMILES string of the molecule is Cc1nn(-c2ccccc2)c(C)c1NC(=S)NC(=O)C=Cc1ccc(Cl)cc1. The number of halogens is 1. The number of hydrogen-bond acceptors (Lipinski definition) is 3. The number of benzene rings is 2. The van der Waals surface area contributed by atoms with Gasteiger partial charge in [0.15, 0.2) is 5.11 Å². The maximum Gasteiger partial charge on any atom is 0.250 e. The Balaban J connectivity index is 1.65. The van der Waals surface area contributed by atoms with Crippen molar-refractivity contribution in [2.45, 2.75) is 13.8 Å². The molecule has 1 amide bonds. The molecule has 2 N–H and O–H groups in total. The molecular weight excluding hydrogens is 392 g/mol. The Morgan fingerprint density at radius 3 is 2.46 bits per heavy atom. The van der Waals surface area contributed by atoms with E-state index in [9.17, 15) is 4.79 Å². The number of rotatable bonds is 4. The van der Waals surface area contributed by atoms with Gasteiger partial charge < -0.3 is 5.32 Å². The number of aromatic nitrogens is 2. The summed E-state index contributed by atoms with van der Waals surface area (Å²) in [5, 5.41) is 11.1. The van der Waals surface area contributed by atoms with E-state index in [4.69, 9.17) is 23.8 Å². The summed E-state index contributed by atoms with van der Waals surface area (Å²) in [6.45, 7) is 3.83. The summed E-state index contributed by atoms with van der Waals surface area (Å²) in [5.41, 5.74) is 4.29. The van der Waals surface area contributed by atoms with E-state index in [0.717, 1.165) is 28.3 Å². The van der Waals surface area contributed by atoms with E-state index in [1.165, 1.54) is 6.08 Å². The van der Waals surface area contributed by atoms with Crippen LogP contribution in [0.1, 0.15) is 17.0 Å². The number of anilines is 1. The lowest BCUT2D eigenvalue weighted by Gasteiger charge is -2.09. The second-order valence-electron chi connectivity index (χ2n) is 6.12. The zero-order valence-corrected chi connectivity index (χ0v) is 17.0. The molecule has 2 aromatic carbocycles. The molecule has 0 atom stereocenters. The van der Waals surface area contributed by atoms with Crippen molar-refractivity contribution in [2.24, 2.45) is 0 Å². The van der Waals surface area contributed by atoms with E-state index in [1.54, 1.807) is 18.2 Å². The van der Waals surface area contributed by atoms with Crippen LogP contribution < -0.4 is 10.6 Å². The van der Waals surface area contributed by atoms with E-state index < -0.39 is 0 Å². The Labute approximate surface area is 174 Å². The van der Waals surface area contributed by atoms with Gasteiger partial charge in [0, 0.05) is 11.1 Å². The standard InChI is InChI=1S/C21H19ClN4OS/c1-14-20(15(2)26(25-14)18-6-4-3-5-7-18)24-21(28)23-19(27)13-10-16-8-11-17(22)12-9-16/h3-13H,1-2H3,(H2,23,24,27,28). The van der Waals surface area contributed by atoms with Gasteiger partial charge in [-0.2, -0.15) is 5.10 Å². The lowest BCUT2D eigenvalue weighted by molar-refractivity contribution is -0.115. The largest absolute Gasteiger partial charge is 0.329 e. The third kappa shape index (κ3) is 4.85. The van der Waals surface area contributed by atoms with Crippen molar-refractivity contribution in [3.05, 3.63) is 82.6 Å². The molecule has 1 aromatic heterocycles. The number of para-hydroxylation sites is 1. The molecule has 3 aromatic rings. The maximum absolute atomic E-state index is 12.1. The molecule has 7 heteroatoms. The number of carbonyl (C=O) groups is 1. The zero-order chi connectivity index (χ0) is 20.1. The summed E-state index contributed by atoms with van der Waals surface area (Å²) >= 11 is 11.1. The number of hydrogen-bond donors (Lipinski definition) is 2. The van der Waals surface area contributed by atoms with Gasteiger partial charge in [-0.05, 0) is 62.0 Å². The molecule has 0 fully saturated rings. The lowest BCUT2D eigenvalue weighted by atomic mass is 10.2. The van der Waals surface area contributed by atoms with E-state index >= 15 is 0 Å². The van der Waals surface area contributed by atoms with Crippen LogP contribution in [0.3, 0.4) is 0 Å². The van der Waals surface area contributed by atoms with Crippen LogP contribution in [0.15, 0.2) is 60.7 Å². The van der Waals surface area contributed by atoms with Gasteiger partial charge in [-0.25, -0.2) is 4.68 Å². The highest BCUT2D eigenvalue weighted by Gasteiger charge is 2.14. The van der Waals surface area contributed by atoms with E-state index in [0.29, 0.717) is 5.02 Å². The molecule has 0 saturated carbocycles. The van der Waals surface area contributed by atoms with Crippen molar-refractivity contribution in [3.8, 4) is 5.69 Å². The lowest BCUT2D eigenvalue weighted by Crippen LogP contribution is -2.33. The third-order valence-electron chi connectivity index (χ3n) is 4.06. The van der Waals surface area contributed by atoms with Gasteiger partial charge in [0.25, 0.3) is 0 Å². The fraction of sp³-hybridized carbons (Fsp3) is 0.0952. The first-order valence-corrected chi connectivity index (χ1v) is 9.40. The summed E-state index contributed by atoms with van der Waals surface area (Å²) < 4.78 is 1.84. The fourth-order valence-electron chi connectivity index (χ4n) is 2.69. The first-order valence-electron chi connectivity index (χ1n) is 8.61. The summed E-state index contributed by atoms with van der Waals surface area (Å²) in [6, 6.07) is 17.0. The van der Waals surface area contributed by atoms with E-state index in [2.05, 4.69) is 15.7 Å². The first-order chi connectivity index (χ1) is 13.4. The van der Waals surface area contributed by atoms with Gasteiger partial charge in [-0.1, -0.05) is 41.9 Å². The molecule has 1 heterocycles. The van der Waals surface area contributed by atoms with Gasteiger partial charge >= 0.3 is 0 Å². The van der Waals surface area contributed by atoms with Crippen molar-refractivity contribution in [1.82, 2.24) is 15.1 Å². The quantitative estimate of drug-likeness (QED) is 0.484. The Bertz CT molecular complexity index is 1030. The number of thiocarbonyl (C=S) groups is 1. The molecule has 0 aliphatic heterocycles. The minimum absolute atomic E-state index is 0.213. The van der Waals surface area contributed by atoms with Gasteiger partial charge in [0.05, 0.1) is 22.8 Å². The highest BCUT2D eigenvalue weighted by Crippen LogP contribution is 2.22. The van der Waals surface area contributed by atoms with Crippen LogP contribution in [0.2, 0.25) is 5.02 Å². The van der Waals surface area contributed by atoms with Gasteiger partial charge in [0.2, 0.25) is 5.91 Å². The number of nitrogens with zero attached hydrogens (tertiary/aromatic N) is 2. The van der Waals surface area contributed by atoms with Gasteiger partial charge in [-0.3, -0.25) is 10.1 Å². The molecule has 0 unspecified atom stereocenters. The van der Waals surface area contributed by atoms with Crippen molar-refractivity contribution in [2.75, 3.05) is 5.32 Å². The maximum atomic E-state index is 12.1. The number of carbonyl (C=O) groups excluding carboxylic acids is 1. The number of aryl methyl sites for hydroxylation is 1. The highest BCUT2D eigenvalue weighted by molar-refractivity contribution is 7.80. The predicted octanol–water partition coefficient (Wildman–Crippen LogP) is 4.67. The zero-order valence-electron chi connectivity index (χ0n) is 15.4. The average molecular weight is 411 g/mol. The molecule has 0 bridgehead atoms. The summed E-state index contributed by atoms with van der Waals surface area (Å²) in [6.07, 6.45) is 3.11. The molecule has 28 heavy (non-hydrogen) atoms. The summed E-state index contributed by atoms with van der Waals surface area (Å²) in [7, 11) is 0. The second-order valence-corrected chi connectivity index (χ2v) is 6.97. The third-order valence-corrected chi connectivity index (χ3v) is 4.52. The van der Waals surface area contributed by atoms with Crippen LogP contribution in [-0.2, 0) is 4.79 Å². The Kier molecular flexibility index (Phi) is 6.23. The van der Waals surface area contributed by atoms with Gasteiger partial charge in [0.1, 0.15) is 0 Å². The van der Waals surface area contributed by atoms with Crippen LogP contribution in [-0.4, -0.2) is 20.8 Å². The second kappa shape index (κ2) is 8.82. The molecule has 0 saturated heterocycles. The van der Waals surface area contributed by atoms with Crippen LogP contribution in [0.25, 0.3) is 11.8 Å². The fourth-order valence-corrected chi connectivity index (χ4v) is 3.02. The average Bonchev–Trinajstić information content (AvgIpc) is 2.96. The smallest absolute Gasteiger partial charge is 0.250 e. The minimum Gasteiger partial charge on any atom is -0.329 e. The molecule has 0 aliphatic carbocycles. The molecule has 5 nitrogen and oxygen atoms in total. The van der Waals surface area contributed by atoms with E-state index in [1.807, 2.05) is 61.0 Å². The van der Waals surface area contributed by atoms with Crippen LogP contribution in [0.5, 0.6) is 0 Å². The summed E-state index contributed by atoms with van der Waals surface area (Å²) in [5.74, 6) is -0.321. The molecule has 0 radical (unpaired) electrons. The first kappa shape index (κ1) is 19.8. The number of nitrogens with one attached hydrogen (secondary N) is 2. The van der Waals surface area contributed by atoms with Crippen LogP contribution >= 0.6 is 23.8 Å². The Hall–Kier alpha value is -2.96. The van der Waals surface area contributed by atoms with Gasteiger partial charge in [-0.15, -0.1) is 0 Å². The molecule has 0 spiro atoms. The molecule has 142 valence electrons. The van der Waals surface area contributed by atoms with E-state index in [-0.39, 0.29) is 11.0 Å². The van der Waals surface area contributed by atoms with Crippen molar-refractivity contribution in [3.63, 3.8) is 0 Å². The Morgan fingerprint density at radius 1 is 1.11 bits per heavy atom. The Morgan fingerprint density at radius 2 is 1.79 bits per heavy atom. The minimum atomic E-state index is -0.321. The van der Waals surface area contributed by atoms with Crippen molar-refractivity contribution < 1.29 is 4.79 Å². The molecule has 3 rings (SSSR count). The monoisotopic (exact) mass is 410 g/mol. The molecular formula is C21H19ClN4OS. The van der Waals surface area contributed by atoms with Crippen molar-refractivity contribution in [1.29, 1.82) is 0 Å². The van der Waals surface area contributed by atoms with Crippen molar-refractivity contribution >= 4 is 46.6 Å². The summed E-state index contributed by atoms with van der Waals surface area (Å²) in [4.78, 5) is 12.1.